The molecule has 0 fully saturated rings. The molecule has 4 aromatic rings. The van der Waals surface area contributed by atoms with Crippen LogP contribution in [0.5, 0.6) is 0 Å². The highest BCUT2D eigenvalue weighted by Crippen LogP contribution is 2.30. The summed E-state index contributed by atoms with van der Waals surface area (Å²) in [6.07, 6.45) is 1.73. The number of pyridine rings is 1. The molecule has 0 radical (unpaired) electrons. The number of benzene rings is 1. The monoisotopic (exact) mass is 348 g/mol. The van der Waals surface area contributed by atoms with Gasteiger partial charge in [0.2, 0.25) is 0 Å². The van der Waals surface area contributed by atoms with Crippen LogP contribution in [-0.2, 0) is 0 Å². The third kappa shape index (κ3) is 2.92. The Kier molecular flexibility index (Phi) is 3.82. The molecule has 1 aromatic carbocycles. The van der Waals surface area contributed by atoms with Crippen molar-refractivity contribution in [2.75, 3.05) is 5.32 Å². The maximum absolute atomic E-state index is 12.6. The number of hydrogen-bond acceptors (Lipinski definition) is 4. The standard InChI is InChI=1S/C19H16N4OS/c1-12-8-9-17(20-11-12)21-18(24)16-10-15-13(2)22-23(19(15)25-16)14-6-4-3-5-7-14/h3-11H,1-2H3,(H,20,21,24). The lowest BCUT2D eigenvalue weighted by Gasteiger charge is -2.03. The van der Waals surface area contributed by atoms with E-state index in [2.05, 4.69) is 15.4 Å². The first-order chi connectivity index (χ1) is 12.1. The van der Waals surface area contributed by atoms with Crippen molar-refractivity contribution in [3.05, 3.63) is 70.9 Å². The van der Waals surface area contributed by atoms with Crippen molar-refractivity contribution in [3.8, 4) is 5.69 Å². The number of nitrogens with zero attached hydrogens (tertiary/aromatic N) is 3. The lowest BCUT2D eigenvalue weighted by atomic mass is 10.3. The van der Waals surface area contributed by atoms with Gasteiger partial charge in [0.15, 0.2) is 0 Å². The average Bonchev–Trinajstić information content (AvgIpc) is 3.19. The molecule has 5 nitrogen and oxygen atoms in total. The second-order valence-electron chi connectivity index (χ2n) is 5.84. The number of thiophene rings is 1. The molecule has 4 rings (SSSR count). The van der Waals surface area contributed by atoms with Crippen molar-refractivity contribution >= 4 is 33.3 Å². The molecule has 3 aromatic heterocycles. The summed E-state index contributed by atoms with van der Waals surface area (Å²) in [7, 11) is 0. The average molecular weight is 348 g/mol. The van der Waals surface area contributed by atoms with Gasteiger partial charge < -0.3 is 5.32 Å². The van der Waals surface area contributed by atoms with Gasteiger partial charge in [-0.2, -0.15) is 5.10 Å². The van der Waals surface area contributed by atoms with Gasteiger partial charge in [0.25, 0.3) is 5.91 Å². The van der Waals surface area contributed by atoms with Crippen LogP contribution < -0.4 is 5.32 Å². The number of anilines is 1. The van der Waals surface area contributed by atoms with Gasteiger partial charge in [-0.05, 0) is 43.7 Å². The van der Waals surface area contributed by atoms with Crippen LogP contribution in [0.2, 0.25) is 0 Å². The van der Waals surface area contributed by atoms with Crippen molar-refractivity contribution in [2.45, 2.75) is 13.8 Å². The molecular weight excluding hydrogens is 332 g/mol. The van der Waals surface area contributed by atoms with Crippen LogP contribution >= 0.6 is 11.3 Å². The number of amides is 1. The van der Waals surface area contributed by atoms with Gasteiger partial charge in [0, 0.05) is 11.6 Å². The van der Waals surface area contributed by atoms with E-state index in [-0.39, 0.29) is 5.91 Å². The van der Waals surface area contributed by atoms with Gasteiger partial charge in [0.05, 0.1) is 16.3 Å². The summed E-state index contributed by atoms with van der Waals surface area (Å²) in [5.41, 5.74) is 2.94. The lowest BCUT2D eigenvalue weighted by molar-refractivity contribution is 0.103. The van der Waals surface area contributed by atoms with Crippen LogP contribution in [0.1, 0.15) is 20.9 Å². The van der Waals surface area contributed by atoms with E-state index in [1.165, 1.54) is 11.3 Å². The zero-order valence-electron chi connectivity index (χ0n) is 13.9. The minimum Gasteiger partial charge on any atom is -0.306 e. The Bertz CT molecular complexity index is 1050. The molecule has 0 aliphatic heterocycles. The first-order valence-corrected chi connectivity index (χ1v) is 8.72. The van der Waals surface area contributed by atoms with E-state index >= 15 is 0 Å². The quantitative estimate of drug-likeness (QED) is 0.599. The Morgan fingerprint density at radius 3 is 2.64 bits per heavy atom. The number of nitrogens with one attached hydrogen (secondary N) is 1. The highest BCUT2D eigenvalue weighted by atomic mass is 32.1. The zero-order valence-corrected chi connectivity index (χ0v) is 14.7. The third-order valence-electron chi connectivity index (χ3n) is 3.92. The normalized spacial score (nSPS) is 11.0. The molecule has 1 N–H and O–H groups in total. The van der Waals surface area contributed by atoms with Gasteiger partial charge in [-0.25, -0.2) is 9.67 Å². The van der Waals surface area contributed by atoms with Crippen molar-refractivity contribution < 1.29 is 4.79 Å². The van der Waals surface area contributed by atoms with Crippen LogP contribution in [0.15, 0.2) is 54.7 Å². The lowest BCUT2D eigenvalue weighted by Crippen LogP contribution is -2.11. The largest absolute Gasteiger partial charge is 0.306 e. The minimum atomic E-state index is -0.156. The van der Waals surface area contributed by atoms with Crippen molar-refractivity contribution in [3.63, 3.8) is 0 Å². The van der Waals surface area contributed by atoms with Gasteiger partial charge in [-0.15, -0.1) is 11.3 Å². The first-order valence-electron chi connectivity index (χ1n) is 7.90. The van der Waals surface area contributed by atoms with Gasteiger partial charge in [-0.1, -0.05) is 24.3 Å². The number of aryl methyl sites for hydroxylation is 2. The van der Waals surface area contributed by atoms with E-state index in [0.29, 0.717) is 10.7 Å². The number of rotatable bonds is 3. The summed E-state index contributed by atoms with van der Waals surface area (Å²) < 4.78 is 1.89. The zero-order chi connectivity index (χ0) is 17.4. The van der Waals surface area contributed by atoms with E-state index in [1.807, 2.05) is 61.0 Å². The number of aromatic nitrogens is 3. The Morgan fingerprint density at radius 2 is 1.92 bits per heavy atom. The first kappa shape index (κ1) is 15.5. The Balaban J connectivity index is 1.69. The number of fused-ring (bicyclic) bond motifs is 1. The van der Waals surface area contributed by atoms with E-state index in [9.17, 15) is 4.79 Å². The molecule has 0 aliphatic rings. The summed E-state index contributed by atoms with van der Waals surface area (Å²) in [5, 5.41) is 8.44. The molecule has 6 heteroatoms. The summed E-state index contributed by atoms with van der Waals surface area (Å²) in [6.45, 7) is 3.92. The number of carbonyl (C=O) groups excluding carboxylic acids is 1. The topological polar surface area (TPSA) is 59.8 Å². The fraction of sp³-hybridized carbons (Fsp3) is 0.105. The molecule has 0 aliphatic carbocycles. The van der Waals surface area contributed by atoms with Crippen LogP contribution in [-0.4, -0.2) is 20.7 Å². The van der Waals surface area contributed by atoms with E-state index in [0.717, 1.165) is 27.2 Å². The summed E-state index contributed by atoms with van der Waals surface area (Å²) in [6, 6.07) is 15.5. The molecule has 25 heavy (non-hydrogen) atoms. The molecule has 0 saturated carbocycles. The molecule has 0 atom stereocenters. The molecule has 0 unspecified atom stereocenters. The Labute approximate surface area is 149 Å². The van der Waals surface area contributed by atoms with Gasteiger partial charge in [0.1, 0.15) is 10.6 Å². The number of hydrogen-bond donors (Lipinski definition) is 1. The maximum atomic E-state index is 12.6. The second-order valence-corrected chi connectivity index (χ2v) is 6.87. The van der Waals surface area contributed by atoms with Crippen LogP contribution in [0.3, 0.4) is 0 Å². The fourth-order valence-corrected chi connectivity index (χ4v) is 3.70. The maximum Gasteiger partial charge on any atom is 0.266 e. The van der Waals surface area contributed by atoms with E-state index < -0.39 is 0 Å². The summed E-state index contributed by atoms with van der Waals surface area (Å²) in [5.74, 6) is 0.394. The second kappa shape index (κ2) is 6.14. The van der Waals surface area contributed by atoms with Gasteiger partial charge in [-0.3, -0.25) is 4.79 Å². The molecule has 3 heterocycles. The van der Waals surface area contributed by atoms with E-state index in [4.69, 9.17) is 0 Å². The highest BCUT2D eigenvalue weighted by Gasteiger charge is 2.17. The van der Waals surface area contributed by atoms with Crippen LogP contribution in [0.25, 0.3) is 15.9 Å². The van der Waals surface area contributed by atoms with E-state index in [1.54, 1.807) is 12.3 Å². The SMILES string of the molecule is Cc1ccc(NC(=O)c2cc3c(C)nn(-c4ccccc4)c3s2)nc1. The molecule has 0 saturated heterocycles. The number of carbonyl (C=O) groups is 1. The van der Waals surface area contributed by atoms with Crippen molar-refractivity contribution in [2.24, 2.45) is 0 Å². The highest BCUT2D eigenvalue weighted by molar-refractivity contribution is 7.20. The Hall–Kier alpha value is -2.99. The predicted molar refractivity (Wildman–Crippen MR) is 101 cm³/mol. The smallest absolute Gasteiger partial charge is 0.266 e. The molecule has 0 bridgehead atoms. The Morgan fingerprint density at radius 1 is 1.12 bits per heavy atom. The van der Waals surface area contributed by atoms with Gasteiger partial charge >= 0.3 is 0 Å². The molecule has 0 spiro atoms. The number of para-hydroxylation sites is 1. The third-order valence-corrected chi connectivity index (χ3v) is 5.03. The van der Waals surface area contributed by atoms with Crippen molar-refractivity contribution in [1.82, 2.24) is 14.8 Å². The predicted octanol–water partition coefficient (Wildman–Crippen LogP) is 4.35. The van der Waals surface area contributed by atoms with Crippen molar-refractivity contribution in [1.29, 1.82) is 0 Å². The fourth-order valence-electron chi connectivity index (χ4n) is 2.62. The molecular formula is C19H16N4OS. The molecule has 1 amide bonds. The van der Waals surface area contributed by atoms with Crippen LogP contribution in [0, 0.1) is 13.8 Å². The minimum absolute atomic E-state index is 0.156. The van der Waals surface area contributed by atoms with Crippen LogP contribution in [0.4, 0.5) is 5.82 Å². The summed E-state index contributed by atoms with van der Waals surface area (Å²) >= 11 is 1.43. The summed E-state index contributed by atoms with van der Waals surface area (Å²) in [4.78, 5) is 18.4. The molecule has 124 valence electrons.